The Morgan fingerprint density at radius 3 is 2.48 bits per heavy atom. The molecule has 126 valence electrons. The molecule has 1 amide bonds. The third-order valence-corrected chi connectivity index (χ3v) is 3.78. The van der Waals surface area contributed by atoms with Gasteiger partial charge in [0.1, 0.15) is 0 Å². The van der Waals surface area contributed by atoms with E-state index in [-0.39, 0.29) is 11.7 Å². The van der Waals surface area contributed by atoms with Crippen molar-refractivity contribution in [3.05, 3.63) is 83.7 Å². The number of benzene rings is 2. The van der Waals surface area contributed by atoms with Crippen LogP contribution in [0.2, 0.25) is 0 Å². The van der Waals surface area contributed by atoms with Gasteiger partial charge in [0.05, 0.1) is 5.69 Å². The molecule has 0 atom stereocenters. The van der Waals surface area contributed by atoms with Gasteiger partial charge >= 0.3 is 0 Å². The maximum atomic E-state index is 12.7. The van der Waals surface area contributed by atoms with Gasteiger partial charge in [0.2, 0.25) is 0 Å². The van der Waals surface area contributed by atoms with Gasteiger partial charge in [-0.2, -0.15) is 5.10 Å². The van der Waals surface area contributed by atoms with Crippen molar-refractivity contribution in [3.63, 3.8) is 0 Å². The van der Waals surface area contributed by atoms with E-state index < -0.39 is 0 Å². The quantitative estimate of drug-likeness (QED) is 0.698. The van der Waals surface area contributed by atoms with E-state index in [1.165, 1.54) is 0 Å². The molecule has 25 heavy (non-hydrogen) atoms. The molecule has 0 aliphatic carbocycles. The van der Waals surface area contributed by atoms with E-state index in [1.54, 1.807) is 53.3 Å². The summed E-state index contributed by atoms with van der Waals surface area (Å²) in [5, 5.41) is 7.05. The van der Waals surface area contributed by atoms with E-state index in [2.05, 4.69) is 10.4 Å². The third-order valence-electron chi connectivity index (χ3n) is 3.78. The number of anilines is 1. The van der Waals surface area contributed by atoms with Gasteiger partial charge in [-0.15, -0.1) is 0 Å². The summed E-state index contributed by atoms with van der Waals surface area (Å²) in [5.74, 6) is -0.462. The fourth-order valence-corrected chi connectivity index (χ4v) is 2.56. The molecule has 0 bridgehead atoms. The SMILES string of the molecule is CCCn1ccc(C(=O)Nc2ccccc2C(=O)c2ccccc2)n1. The molecule has 1 N–H and O–H groups in total. The van der Waals surface area contributed by atoms with Crippen molar-refractivity contribution in [2.24, 2.45) is 0 Å². The molecule has 0 unspecified atom stereocenters. The molecular weight excluding hydrogens is 314 g/mol. The number of ketones is 1. The van der Waals surface area contributed by atoms with Crippen molar-refractivity contribution in [1.29, 1.82) is 0 Å². The predicted molar refractivity (Wildman–Crippen MR) is 96.8 cm³/mol. The summed E-state index contributed by atoms with van der Waals surface area (Å²) < 4.78 is 1.73. The number of aromatic nitrogens is 2. The minimum atomic E-state index is -0.330. The number of carbonyl (C=O) groups excluding carboxylic acids is 2. The summed E-state index contributed by atoms with van der Waals surface area (Å²) in [7, 11) is 0. The fraction of sp³-hybridized carbons (Fsp3) is 0.150. The first-order chi connectivity index (χ1) is 12.2. The summed E-state index contributed by atoms with van der Waals surface area (Å²) >= 11 is 0. The van der Waals surface area contributed by atoms with Gasteiger partial charge in [0, 0.05) is 23.9 Å². The summed E-state index contributed by atoms with van der Waals surface area (Å²) in [6, 6.07) is 17.7. The second-order valence-electron chi connectivity index (χ2n) is 5.66. The average molecular weight is 333 g/mol. The maximum absolute atomic E-state index is 12.7. The van der Waals surface area contributed by atoms with Gasteiger partial charge in [-0.25, -0.2) is 0 Å². The third kappa shape index (κ3) is 3.83. The summed E-state index contributed by atoms with van der Waals surface area (Å²) in [4.78, 5) is 25.1. The van der Waals surface area contributed by atoms with Crippen molar-refractivity contribution in [2.45, 2.75) is 19.9 Å². The van der Waals surface area contributed by atoms with E-state index in [0.29, 0.717) is 22.5 Å². The Labute approximate surface area is 146 Å². The summed E-state index contributed by atoms with van der Waals surface area (Å²) in [5.41, 5.74) is 1.84. The minimum absolute atomic E-state index is 0.131. The zero-order valence-electron chi connectivity index (χ0n) is 14.0. The average Bonchev–Trinajstić information content (AvgIpc) is 3.11. The van der Waals surface area contributed by atoms with Crippen LogP contribution < -0.4 is 5.32 Å². The van der Waals surface area contributed by atoms with Crippen molar-refractivity contribution < 1.29 is 9.59 Å². The van der Waals surface area contributed by atoms with Crippen LogP contribution in [-0.4, -0.2) is 21.5 Å². The monoisotopic (exact) mass is 333 g/mol. The topological polar surface area (TPSA) is 64.0 Å². The lowest BCUT2D eigenvalue weighted by Crippen LogP contribution is -2.16. The molecule has 1 aromatic heterocycles. The summed E-state index contributed by atoms with van der Waals surface area (Å²) in [6.07, 6.45) is 2.72. The van der Waals surface area contributed by atoms with Crippen LogP contribution in [-0.2, 0) is 6.54 Å². The number of aryl methyl sites for hydroxylation is 1. The zero-order chi connectivity index (χ0) is 17.6. The first kappa shape index (κ1) is 16.6. The van der Waals surface area contributed by atoms with Gasteiger partial charge < -0.3 is 5.32 Å². The van der Waals surface area contributed by atoms with E-state index in [4.69, 9.17) is 0 Å². The molecule has 5 nitrogen and oxygen atoms in total. The Bertz CT molecular complexity index is 885. The number of carbonyl (C=O) groups is 2. The molecule has 0 spiro atoms. The van der Waals surface area contributed by atoms with E-state index in [0.717, 1.165) is 13.0 Å². The Balaban J connectivity index is 1.83. The first-order valence-electron chi connectivity index (χ1n) is 8.22. The zero-order valence-corrected chi connectivity index (χ0v) is 14.0. The highest BCUT2D eigenvalue weighted by molar-refractivity contribution is 6.15. The lowest BCUT2D eigenvalue weighted by Gasteiger charge is -2.09. The maximum Gasteiger partial charge on any atom is 0.276 e. The van der Waals surface area contributed by atoms with Crippen LogP contribution in [0, 0.1) is 0 Å². The van der Waals surface area contributed by atoms with Crippen molar-refractivity contribution in [3.8, 4) is 0 Å². The van der Waals surface area contributed by atoms with Gasteiger partial charge in [-0.05, 0) is 24.6 Å². The van der Waals surface area contributed by atoms with Gasteiger partial charge in [-0.1, -0.05) is 49.4 Å². The lowest BCUT2D eigenvalue weighted by molar-refractivity contribution is 0.102. The predicted octanol–water partition coefficient (Wildman–Crippen LogP) is 3.78. The second kappa shape index (κ2) is 7.57. The van der Waals surface area contributed by atoms with E-state index in [9.17, 15) is 9.59 Å². The minimum Gasteiger partial charge on any atom is -0.320 e. The molecule has 0 aliphatic heterocycles. The molecule has 0 saturated carbocycles. The highest BCUT2D eigenvalue weighted by Crippen LogP contribution is 2.20. The molecule has 3 rings (SSSR count). The van der Waals surface area contributed by atoms with Crippen LogP contribution in [0.3, 0.4) is 0 Å². The van der Waals surface area contributed by atoms with E-state index >= 15 is 0 Å². The normalized spacial score (nSPS) is 10.4. The molecule has 0 saturated heterocycles. The van der Waals surface area contributed by atoms with Crippen LogP contribution >= 0.6 is 0 Å². The number of nitrogens with zero attached hydrogens (tertiary/aromatic N) is 2. The molecule has 0 radical (unpaired) electrons. The Hall–Kier alpha value is -3.21. The number of rotatable bonds is 6. The second-order valence-corrected chi connectivity index (χ2v) is 5.66. The van der Waals surface area contributed by atoms with E-state index in [1.807, 2.05) is 25.1 Å². The number of hydrogen-bond donors (Lipinski definition) is 1. The standard InChI is InChI=1S/C20H19N3O2/c1-2-13-23-14-12-18(22-23)20(25)21-17-11-7-6-10-16(17)19(24)15-8-4-3-5-9-15/h3-12,14H,2,13H2,1H3,(H,21,25). The van der Waals surface area contributed by atoms with Crippen molar-refractivity contribution in [2.75, 3.05) is 5.32 Å². The van der Waals surface area contributed by atoms with Crippen LogP contribution in [0.25, 0.3) is 0 Å². The largest absolute Gasteiger partial charge is 0.320 e. The Kier molecular flexibility index (Phi) is 5.04. The Morgan fingerprint density at radius 1 is 1.00 bits per heavy atom. The van der Waals surface area contributed by atoms with Crippen LogP contribution in [0.5, 0.6) is 0 Å². The van der Waals surface area contributed by atoms with Gasteiger partial charge in [-0.3, -0.25) is 14.3 Å². The highest BCUT2D eigenvalue weighted by Gasteiger charge is 2.16. The number of amides is 1. The number of hydrogen-bond acceptors (Lipinski definition) is 3. The highest BCUT2D eigenvalue weighted by atomic mass is 16.2. The fourth-order valence-electron chi connectivity index (χ4n) is 2.56. The number of nitrogens with one attached hydrogen (secondary N) is 1. The molecular formula is C20H19N3O2. The smallest absolute Gasteiger partial charge is 0.276 e. The summed E-state index contributed by atoms with van der Waals surface area (Å²) in [6.45, 7) is 2.81. The van der Waals surface area contributed by atoms with Crippen molar-refractivity contribution >= 4 is 17.4 Å². The first-order valence-corrected chi connectivity index (χ1v) is 8.22. The molecule has 3 aromatic rings. The molecule has 1 heterocycles. The van der Waals surface area contributed by atoms with Gasteiger partial charge in [0.25, 0.3) is 5.91 Å². The number of para-hydroxylation sites is 1. The van der Waals surface area contributed by atoms with Crippen LogP contribution in [0.15, 0.2) is 66.9 Å². The van der Waals surface area contributed by atoms with Gasteiger partial charge in [0.15, 0.2) is 11.5 Å². The Morgan fingerprint density at radius 2 is 1.72 bits per heavy atom. The molecule has 0 fully saturated rings. The molecule has 0 aliphatic rings. The van der Waals surface area contributed by atoms with Crippen LogP contribution in [0.1, 0.15) is 39.8 Å². The molecule has 2 aromatic carbocycles. The molecule has 5 heteroatoms. The lowest BCUT2D eigenvalue weighted by atomic mass is 10.0. The van der Waals surface area contributed by atoms with Crippen LogP contribution in [0.4, 0.5) is 5.69 Å². The van der Waals surface area contributed by atoms with Crippen molar-refractivity contribution in [1.82, 2.24) is 9.78 Å².